The fourth-order valence-electron chi connectivity index (χ4n) is 2.49. The first kappa shape index (κ1) is 16.5. The summed E-state index contributed by atoms with van der Waals surface area (Å²) in [5, 5.41) is 6.62. The Labute approximate surface area is 130 Å². The second-order valence-corrected chi connectivity index (χ2v) is 5.23. The van der Waals surface area contributed by atoms with Crippen molar-refractivity contribution in [2.45, 2.75) is 18.9 Å². The quantitative estimate of drug-likeness (QED) is 0.466. The molecule has 1 fully saturated rings. The van der Waals surface area contributed by atoms with Gasteiger partial charge in [0.15, 0.2) is 17.6 Å². The zero-order valence-electron chi connectivity index (χ0n) is 13.2. The summed E-state index contributed by atoms with van der Waals surface area (Å²) in [5.41, 5.74) is 0. The van der Waals surface area contributed by atoms with Gasteiger partial charge < -0.3 is 20.3 Å². The Morgan fingerprint density at radius 2 is 2.45 bits per heavy atom. The highest BCUT2D eigenvalue weighted by Crippen LogP contribution is 2.20. The Kier molecular flexibility index (Phi) is 6.39. The molecular weight excluding hydrogens is 285 g/mol. The van der Waals surface area contributed by atoms with E-state index >= 15 is 0 Å². The van der Waals surface area contributed by atoms with Crippen LogP contribution in [-0.4, -0.2) is 57.4 Å². The molecule has 1 saturated heterocycles. The number of anilines is 1. The van der Waals surface area contributed by atoms with Crippen LogP contribution in [0.2, 0.25) is 0 Å². The number of nitrogens with zero attached hydrogens (tertiary/aromatic N) is 3. The molecule has 0 spiro atoms. The van der Waals surface area contributed by atoms with Gasteiger partial charge in [-0.15, -0.1) is 0 Å². The van der Waals surface area contributed by atoms with Gasteiger partial charge >= 0.3 is 0 Å². The van der Waals surface area contributed by atoms with E-state index in [-0.39, 0.29) is 11.9 Å². The van der Waals surface area contributed by atoms with Crippen LogP contribution in [0.3, 0.4) is 0 Å². The van der Waals surface area contributed by atoms with Crippen LogP contribution in [0.1, 0.15) is 12.8 Å². The van der Waals surface area contributed by atoms with E-state index in [1.165, 1.54) is 6.07 Å². The Morgan fingerprint density at radius 1 is 1.59 bits per heavy atom. The van der Waals surface area contributed by atoms with Crippen molar-refractivity contribution in [3.8, 4) is 0 Å². The topological polar surface area (TPSA) is 61.8 Å². The Balaban J connectivity index is 1.81. The predicted octanol–water partition coefficient (Wildman–Crippen LogP) is 1.00. The number of pyridine rings is 1. The molecule has 2 N–H and O–H groups in total. The average Bonchev–Trinajstić information content (AvgIpc) is 2.99. The van der Waals surface area contributed by atoms with Crippen LogP contribution < -0.4 is 15.5 Å². The Morgan fingerprint density at radius 3 is 3.18 bits per heavy atom. The summed E-state index contributed by atoms with van der Waals surface area (Å²) in [6.07, 6.45) is 3.47. The molecule has 0 bridgehead atoms. The second kappa shape index (κ2) is 8.53. The smallest absolute Gasteiger partial charge is 0.191 e. The van der Waals surface area contributed by atoms with Crippen LogP contribution in [0.5, 0.6) is 0 Å². The number of aliphatic imine (C=N–C) groups is 1. The van der Waals surface area contributed by atoms with Gasteiger partial charge in [-0.1, -0.05) is 0 Å². The third-order valence-corrected chi connectivity index (χ3v) is 3.61. The predicted molar refractivity (Wildman–Crippen MR) is 85.8 cm³/mol. The van der Waals surface area contributed by atoms with Crippen LogP contribution in [0.15, 0.2) is 23.3 Å². The number of hydrogen-bond donors (Lipinski definition) is 2. The first-order valence-corrected chi connectivity index (χ1v) is 7.56. The van der Waals surface area contributed by atoms with Crippen molar-refractivity contribution < 1.29 is 9.13 Å². The molecule has 6 nitrogen and oxygen atoms in total. The molecule has 2 rings (SSSR count). The monoisotopic (exact) mass is 309 g/mol. The minimum atomic E-state index is -0.273. The molecule has 0 amide bonds. The molecule has 1 aliphatic rings. The number of rotatable bonds is 6. The molecule has 122 valence electrons. The van der Waals surface area contributed by atoms with E-state index in [2.05, 4.69) is 20.6 Å². The molecule has 1 unspecified atom stereocenters. The maximum Gasteiger partial charge on any atom is 0.191 e. The molecule has 0 saturated carbocycles. The SMILES string of the molecule is CN=C(NCCCOC)NC1CCN(c2ncccc2F)C1. The minimum absolute atomic E-state index is 0.232. The molecule has 0 aliphatic carbocycles. The molecule has 1 aliphatic heterocycles. The molecule has 7 heteroatoms. The first-order chi connectivity index (χ1) is 10.7. The second-order valence-electron chi connectivity index (χ2n) is 5.23. The van der Waals surface area contributed by atoms with Crippen LogP contribution in [-0.2, 0) is 4.74 Å². The van der Waals surface area contributed by atoms with Crippen molar-refractivity contribution in [3.63, 3.8) is 0 Å². The fourth-order valence-corrected chi connectivity index (χ4v) is 2.49. The lowest BCUT2D eigenvalue weighted by Gasteiger charge is -2.19. The fraction of sp³-hybridized carbons (Fsp3) is 0.600. The van der Waals surface area contributed by atoms with Gasteiger partial charge in [0.2, 0.25) is 0 Å². The van der Waals surface area contributed by atoms with Crippen molar-refractivity contribution in [1.82, 2.24) is 15.6 Å². The van der Waals surface area contributed by atoms with Gasteiger partial charge in [0.1, 0.15) is 0 Å². The van der Waals surface area contributed by atoms with Gasteiger partial charge in [-0.3, -0.25) is 4.99 Å². The van der Waals surface area contributed by atoms with Crippen molar-refractivity contribution in [3.05, 3.63) is 24.1 Å². The van der Waals surface area contributed by atoms with E-state index < -0.39 is 0 Å². The number of guanidine groups is 1. The summed E-state index contributed by atoms with van der Waals surface area (Å²) < 4.78 is 18.8. The van der Waals surface area contributed by atoms with E-state index in [0.29, 0.717) is 12.4 Å². The highest BCUT2D eigenvalue weighted by atomic mass is 19.1. The maximum absolute atomic E-state index is 13.8. The summed E-state index contributed by atoms with van der Waals surface area (Å²) in [6.45, 7) is 3.03. The lowest BCUT2D eigenvalue weighted by Crippen LogP contribution is -2.45. The van der Waals surface area contributed by atoms with Crippen molar-refractivity contribution in [1.29, 1.82) is 0 Å². The van der Waals surface area contributed by atoms with Crippen molar-refractivity contribution in [2.24, 2.45) is 4.99 Å². The number of halogens is 1. The maximum atomic E-state index is 13.8. The number of nitrogens with one attached hydrogen (secondary N) is 2. The van der Waals surface area contributed by atoms with E-state index in [1.54, 1.807) is 26.4 Å². The third kappa shape index (κ3) is 4.56. The largest absolute Gasteiger partial charge is 0.385 e. The van der Waals surface area contributed by atoms with Gasteiger partial charge in [-0.05, 0) is 25.0 Å². The number of ether oxygens (including phenoxy) is 1. The lowest BCUT2D eigenvalue weighted by atomic mass is 10.3. The molecule has 22 heavy (non-hydrogen) atoms. The van der Waals surface area contributed by atoms with E-state index in [1.807, 2.05) is 4.90 Å². The summed E-state index contributed by atoms with van der Waals surface area (Å²) in [4.78, 5) is 10.3. The highest BCUT2D eigenvalue weighted by molar-refractivity contribution is 5.80. The van der Waals surface area contributed by atoms with E-state index in [9.17, 15) is 4.39 Å². The Bertz CT molecular complexity index is 497. The number of methoxy groups -OCH3 is 1. The molecule has 0 aromatic carbocycles. The van der Waals surface area contributed by atoms with Crippen molar-refractivity contribution >= 4 is 11.8 Å². The molecule has 2 heterocycles. The van der Waals surface area contributed by atoms with Crippen LogP contribution >= 0.6 is 0 Å². The van der Waals surface area contributed by atoms with Gasteiger partial charge in [-0.2, -0.15) is 0 Å². The van der Waals surface area contributed by atoms with Gasteiger partial charge in [0.05, 0.1) is 0 Å². The lowest BCUT2D eigenvalue weighted by molar-refractivity contribution is 0.195. The zero-order chi connectivity index (χ0) is 15.8. The first-order valence-electron chi connectivity index (χ1n) is 7.56. The van der Waals surface area contributed by atoms with Crippen LogP contribution in [0.25, 0.3) is 0 Å². The Hall–Kier alpha value is -1.89. The third-order valence-electron chi connectivity index (χ3n) is 3.61. The standard InChI is InChI=1S/C15H24FN5O/c1-17-15(19-8-4-10-22-2)20-12-6-9-21(11-12)14-13(16)5-3-7-18-14/h3,5,7,12H,4,6,8-11H2,1-2H3,(H2,17,19,20). The van der Waals surface area contributed by atoms with Crippen LogP contribution in [0.4, 0.5) is 10.2 Å². The molecule has 0 radical (unpaired) electrons. The molecule has 1 atom stereocenters. The van der Waals surface area contributed by atoms with Crippen molar-refractivity contribution in [2.75, 3.05) is 45.3 Å². The minimum Gasteiger partial charge on any atom is -0.385 e. The van der Waals surface area contributed by atoms with Gasteiger partial charge in [0, 0.05) is 52.6 Å². The normalized spacial score (nSPS) is 18.6. The van der Waals surface area contributed by atoms with Gasteiger partial charge in [-0.25, -0.2) is 9.37 Å². The molecule has 1 aromatic heterocycles. The number of hydrogen-bond acceptors (Lipinski definition) is 4. The summed E-state index contributed by atoms with van der Waals surface area (Å²) in [6, 6.07) is 3.28. The van der Waals surface area contributed by atoms with Gasteiger partial charge in [0.25, 0.3) is 0 Å². The van der Waals surface area contributed by atoms with E-state index in [0.717, 1.165) is 38.5 Å². The van der Waals surface area contributed by atoms with Crippen LogP contribution in [0, 0.1) is 5.82 Å². The number of aromatic nitrogens is 1. The highest BCUT2D eigenvalue weighted by Gasteiger charge is 2.25. The summed E-state index contributed by atoms with van der Waals surface area (Å²) >= 11 is 0. The molecular formula is C15H24FN5O. The average molecular weight is 309 g/mol. The molecule has 1 aromatic rings. The summed E-state index contributed by atoms with van der Waals surface area (Å²) in [5.74, 6) is 0.921. The zero-order valence-corrected chi connectivity index (χ0v) is 13.2. The summed E-state index contributed by atoms with van der Waals surface area (Å²) in [7, 11) is 3.44. The van der Waals surface area contributed by atoms with E-state index in [4.69, 9.17) is 4.74 Å².